The summed E-state index contributed by atoms with van der Waals surface area (Å²) >= 11 is 7.61. The highest BCUT2D eigenvalue weighted by molar-refractivity contribution is 7.98. The van der Waals surface area contributed by atoms with Crippen LogP contribution >= 0.6 is 23.4 Å². The van der Waals surface area contributed by atoms with E-state index in [1.807, 2.05) is 6.26 Å². The van der Waals surface area contributed by atoms with Crippen LogP contribution in [0.25, 0.3) is 0 Å². The first-order chi connectivity index (χ1) is 11.7. The summed E-state index contributed by atoms with van der Waals surface area (Å²) in [7, 11) is 0. The van der Waals surface area contributed by atoms with E-state index in [2.05, 4.69) is 20.2 Å². The Balaban J connectivity index is 1.56. The van der Waals surface area contributed by atoms with Crippen molar-refractivity contribution in [1.29, 1.82) is 0 Å². The minimum absolute atomic E-state index is 0.156. The van der Waals surface area contributed by atoms with Crippen LogP contribution in [0.15, 0.2) is 5.16 Å². The number of aliphatic hydroxyl groups excluding tert-OH is 1. The number of thioether (sulfide) groups is 1. The number of rotatable bonds is 6. The Kier molecular flexibility index (Phi) is 6.57. The van der Waals surface area contributed by atoms with Crippen LogP contribution in [-0.4, -0.2) is 65.1 Å². The molecule has 0 bridgehead atoms. The minimum Gasteiger partial charge on any atom is -0.391 e. The third kappa shape index (κ3) is 4.52. The fourth-order valence-corrected chi connectivity index (χ4v) is 3.98. The van der Waals surface area contributed by atoms with Gasteiger partial charge in [0, 0.05) is 32.3 Å². The Morgan fingerprint density at radius 1 is 1.33 bits per heavy atom. The number of aromatic nitrogens is 2. The second-order valence-corrected chi connectivity index (χ2v) is 7.57. The van der Waals surface area contributed by atoms with Crippen molar-refractivity contribution in [2.75, 3.05) is 44.4 Å². The molecule has 3 rings (SSSR count). The van der Waals surface area contributed by atoms with Crippen molar-refractivity contribution in [2.45, 2.75) is 37.1 Å². The molecular formula is C16H25ClN4O2S. The lowest BCUT2D eigenvalue weighted by Crippen LogP contribution is -2.41. The minimum atomic E-state index is -0.156. The molecule has 2 N–H and O–H groups in total. The number of nitrogens with one attached hydrogen (secondary N) is 1. The molecule has 24 heavy (non-hydrogen) atoms. The molecule has 0 radical (unpaired) electrons. The van der Waals surface area contributed by atoms with Crippen LogP contribution < -0.4 is 5.32 Å². The summed E-state index contributed by atoms with van der Waals surface area (Å²) in [5.74, 6) is 1.37. The van der Waals surface area contributed by atoms with Gasteiger partial charge >= 0.3 is 0 Å². The van der Waals surface area contributed by atoms with E-state index in [0.29, 0.717) is 33.7 Å². The molecule has 134 valence electrons. The normalized spacial score (nSPS) is 22.9. The molecule has 1 aromatic rings. The predicted molar refractivity (Wildman–Crippen MR) is 96.8 cm³/mol. The van der Waals surface area contributed by atoms with Crippen LogP contribution in [0.3, 0.4) is 0 Å². The van der Waals surface area contributed by atoms with E-state index in [1.54, 1.807) is 0 Å². The maximum absolute atomic E-state index is 9.56. The smallest absolute Gasteiger partial charge is 0.190 e. The number of nitrogens with zero attached hydrogens (tertiary/aromatic N) is 3. The van der Waals surface area contributed by atoms with Gasteiger partial charge in [0.25, 0.3) is 0 Å². The molecule has 1 aromatic heterocycles. The lowest BCUT2D eigenvalue weighted by atomic mass is 10.0. The zero-order valence-electron chi connectivity index (χ0n) is 14.0. The summed E-state index contributed by atoms with van der Waals surface area (Å²) in [6.07, 6.45) is 5.23. The van der Waals surface area contributed by atoms with Crippen molar-refractivity contribution in [3.05, 3.63) is 10.7 Å². The Morgan fingerprint density at radius 2 is 2.12 bits per heavy atom. The van der Waals surface area contributed by atoms with Crippen molar-refractivity contribution in [3.8, 4) is 0 Å². The predicted octanol–water partition coefficient (Wildman–Crippen LogP) is 2.26. The lowest BCUT2D eigenvalue weighted by Gasteiger charge is -2.34. The Hall–Kier alpha value is -0.600. The van der Waals surface area contributed by atoms with Crippen LogP contribution in [0.2, 0.25) is 5.15 Å². The molecule has 1 atom stereocenters. The monoisotopic (exact) mass is 372 g/mol. The second-order valence-electron chi connectivity index (χ2n) is 6.44. The van der Waals surface area contributed by atoms with Crippen molar-refractivity contribution >= 4 is 29.2 Å². The first kappa shape index (κ1) is 18.2. The molecule has 0 aliphatic carbocycles. The van der Waals surface area contributed by atoms with Gasteiger partial charge in [-0.3, -0.25) is 0 Å². The van der Waals surface area contributed by atoms with Gasteiger partial charge in [-0.1, -0.05) is 23.4 Å². The highest BCUT2D eigenvalue weighted by atomic mass is 35.5. The summed E-state index contributed by atoms with van der Waals surface area (Å²) < 4.78 is 5.47. The SMILES string of the molecule is CSc1nc(Cl)c(CO)c(NC2CCN(CC3CCOC3)CC2)n1. The van der Waals surface area contributed by atoms with Gasteiger partial charge < -0.3 is 20.1 Å². The molecule has 2 saturated heterocycles. The fraction of sp³-hybridized carbons (Fsp3) is 0.750. The summed E-state index contributed by atoms with van der Waals surface area (Å²) in [5, 5.41) is 14.0. The van der Waals surface area contributed by atoms with Gasteiger partial charge in [-0.05, 0) is 31.4 Å². The number of anilines is 1. The quantitative estimate of drug-likeness (QED) is 0.451. The molecule has 2 aliphatic heterocycles. The lowest BCUT2D eigenvalue weighted by molar-refractivity contribution is 0.154. The third-order valence-electron chi connectivity index (χ3n) is 4.75. The van der Waals surface area contributed by atoms with Crippen LogP contribution in [0.5, 0.6) is 0 Å². The number of halogens is 1. The second kappa shape index (κ2) is 8.67. The highest BCUT2D eigenvalue weighted by Crippen LogP contribution is 2.26. The first-order valence-electron chi connectivity index (χ1n) is 8.47. The standard InChI is InChI=1S/C16H25ClN4O2S/c1-24-16-19-14(17)13(9-22)15(20-16)18-12-2-5-21(6-3-12)8-11-4-7-23-10-11/h11-12,22H,2-10H2,1H3,(H,18,19,20). The molecule has 8 heteroatoms. The van der Waals surface area contributed by atoms with E-state index in [4.69, 9.17) is 16.3 Å². The van der Waals surface area contributed by atoms with Crippen LogP contribution in [0, 0.1) is 5.92 Å². The van der Waals surface area contributed by atoms with Gasteiger partial charge in [0.05, 0.1) is 18.8 Å². The molecule has 2 aliphatic rings. The number of piperidine rings is 1. The van der Waals surface area contributed by atoms with Crippen LogP contribution in [-0.2, 0) is 11.3 Å². The number of aliphatic hydroxyl groups is 1. The van der Waals surface area contributed by atoms with Gasteiger partial charge in [-0.25, -0.2) is 9.97 Å². The Bertz CT molecular complexity index is 549. The van der Waals surface area contributed by atoms with E-state index >= 15 is 0 Å². The van der Waals surface area contributed by atoms with E-state index in [0.717, 1.165) is 45.7 Å². The van der Waals surface area contributed by atoms with Gasteiger partial charge in [0.1, 0.15) is 11.0 Å². The number of hydrogen-bond acceptors (Lipinski definition) is 7. The van der Waals surface area contributed by atoms with Gasteiger partial charge in [0.15, 0.2) is 5.16 Å². The zero-order valence-corrected chi connectivity index (χ0v) is 15.6. The molecule has 0 saturated carbocycles. The van der Waals surface area contributed by atoms with Crippen molar-refractivity contribution in [2.24, 2.45) is 5.92 Å². The Morgan fingerprint density at radius 3 is 2.75 bits per heavy atom. The van der Waals surface area contributed by atoms with Crippen LogP contribution in [0.4, 0.5) is 5.82 Å². The van der Waals surface area contributed by atoms with E-state index in [-0.39, 0.29) is 6.61 Å². The maximum Gasteiger partial charge on any atom is 0.190 e. The summed E-state index contributed by atoms with van der Waals surface area (Å²) in [6.45, 7) is 4.97. The van der Waals surface area contributed by atoms with Gasteiger partial charge in [0.2, 0.25) is 0 Å². The Labute approximate surface area is 152 Å². The molecule has 3 heterocycles. The van der Waals surface area contributed by atoms with E-state index in [9.17, 15) is 5.11 Å². The highest BCUT2D eigenvalue weighted by Gasteiger charge is 2.25. The van der Waals surface area contributed by atoms with E-state index in [1.165, 1.54) is 18.2 Å². The number of ether oxygens (including phenoxy) is 1. The molecule has 0 amide bonds. The fourth-order valence-electron chi connectivity index (χ4n) is 3.33. The summed E-state index contributed by atoms with van der Waals surface area (Å²) in [4.78, 5) is 11.2. The summed E-state index contributed by atoms with van der Waals surface area (Å²) in [6, 6.07) is 0.354. The molecule has 0 aromatic carbocycles. The van der Waals surface area contributed by atoms with Gasteiger partial charge in [-0.15, -0.1) is 0 Å². The molecular weight excluding hydrogens is 348 g/mol. The molecule has 6 nitrogen and oxygen atoms in total. The molecule has 1 unspecified atom stereocenters. The zero-order chi connectivity index (χ0) is 16.9. The topological polar surface area (TPSA) is 70.5 Å². The maximum atomic E-state index is 9.56. The van der Waals surface area contributed by atoms with Crippen molar-refractivity contribution in [3.63, 3.8) is 0 Å². The number of likely N-dealkylation sites (tertiary alicyclic amines) is 1. The molecule has 0 spiro atoms. The first-order valence-corrected chi connectivity index (χ1v) is 10.1. The number of hydrogen-bond donors (Lipinski definition) is 2. The summed E-state index contributed by atoms with van der Waals surface area (Å²) in [5.41, 5.74) is 0.583. The van der Waals surface area contributed by atoms with Gasteiger partial charge in [-0.2, -0.15) is 0 Å². The molecule has 2 fully saturated rings. The average molecular weight is 373 g/mol. The van der Waals surface area contributed by atoms with Crippen molar-refractivity contribution < 1.29 is 9.84 Å². The van der Waals surface area contributed by atoms with Crippen LogP contribution in [0.1, 0.15) is 24.8 Å². The third-order valence-corrected chi connectivity index (χ3v) is 5.61. The van der Waals surface area contributed by atoms with E-state index < -0.39 is 0 Å². The largest absolute Gasteiger partial charge is 0.391 e. The van der Waals surface area contributed by atoms with Crippen molar-refractivity contribution in [1.82, 2.24) is 14.9 Å². The average Bonchev–Trinajstić information content (AvgIpc) is 3.09.